The van der Waals surface area contributed by atoms with Crippen LogP contribution in [0.4, 0.5) is 10.5 Å². The van der Waals surface area contributed by atoms with Crippen molar-refractivity contribution in [3.8, 4) is 11.3 Å². The predicted molar refractivity (Wildman–Crippen MR) is 103 cm³/mol. The van der Waals surface area contributed by atoms with E-state index in [4.69, 9.17) is 4.42 Å². The van der Waals surface area contributed by atoms with Crippen LogP contribution in [0.5, 0.6) is 0 Å². The molecule has 0 radical (unpaired) electrons. The minimum atomic E-state index is -0.702. The Kier molecular flexibility index (Phi) is 5.66. The average Bonchev–Trinajstić information content (AvgIpc) is 3.21. The quantitative estimate of drug-likeness (QED) is 0.282. The fraction of sp³-hybridized carbons (Fsp3) is 0.118. The van der Waals surface area contributed by atoms with Gasteiger partial charge in [-0.2, -0.15) is 0 Å². The Balaban J connectivity index is 1.83. The summed E-state index contributed by atoms with van der Waals surface area (Å²) in [6, 6.07) is 7.47. The second kappa shape index (κ2) is 7.98. The van der Waals surface area contributed by atoms with Gasteiger partial charge in [0, 0.05) is 28.2 Å². The molecule has 144 valence electrons. The summed E-state index contributed by atoms with van der Waals surface area (Å²) in [5.41, 5.74) is 0.519. The molecular weight excluding hydrogens is 456 g/mol. The molecule has 11 heteroatoms. The van der Waals surface area contributed by atoms with E-state index in [-0.39, 0.29) is 10.6 Å². The first kappa shape index (κ1) is 19.8. The molecule has 0 bridgehead atoms. The number of methoxy groups -OCH3 is 1. The van der Waals surface area contributed by atoms with Crippen molar-refractivity contribution in [3.63, 3.8) is 0 Å². The Hall–Kier alpha value is -2.92. The lowest BCUT2D eigenvalue weighted by Gasteiger charge is -2.09. The molecule has 1 fully saturated rings. The second-order valence-corrected chi connectivity index (χ2v) is 7.31. The molecule has 2 aromatic rings. The zero-order valence-corrected chi connectivity index (χ0v) is 16.6. The first-order chi connectivity index (χ1) is 13.3. The Labute approximate surface area is 170 Å². The van der Waals surface area contributed by atoms with E-state index in [2.05, 4.69) is 20.7 Å². The van der Waals surface area contributed by atoms with E-state index < -0.39 is 28.6 Å². The van der Waals surface area contributed by atoms with Gasteiger partial charge < -0.3 is 9.15 Å². The molecule has 0 aliphatic carbocycles. The number of imide groups is 1. The molecule has 1 aromatic heterocycles. The summed E-state index contributed by atoms with van der Waals surface area (Å²) in [4.78, 5) is 46.8. The van der Waals surface area contributed by atoms with Crippen LogP contribution >= 0.6 is 27.7 Å². The first-order valence-electron chi connectivity index (χ1n) is 7.66. The van der Waals surface area contributed by atoms with Gasteiger partial charge in [-0.1, -0.05) is 0 Å². The Bertz CT molecular complexity index is 1030. The van der Waals surface area contributed by atoms with E-state index in [1.165, 1.54) is 24.3 Å². The van der Waals surface area contributed by atoms with Crippen molar-refractivity contribution < 1.29 is 28.5 Å². The summed E-state index contributed by atoms with van der Waals surface area (Å²) in [5, 5.41) is 10.2. The molecule has 0 atom stereocenters. The highest BCUT2D eigenvalue weighted by molar-refractivity contribution is 9.10. The van der Waals surface area contributed by atoms with Crippen LogP contribution in [0.2, 0.25) is 0 Å². The van der Waals surface area contributed by atoms with Crippen LogP contribution in [-0.2, 0) is 14.3 Å². The van der Waals surface area contributed by atoms with Crippen molar-refractivity contribution in [1.82, 2.24) is 4.90 Å². The van der Waals surface area contributed by atoms with Crippen molar-refractivity contribution in [2.75, 3.05) is 13.7 Å². The average molecular weight is 467 g/mol. The van der Waals surface area contributed by atoms with E-state index in [1.54, 1.807) is 12.1 Å². The van der Waals surface area contributed by atoms with Crippen LogP contribution in [0.25, 0.3) is 17.4 Å². The van der Waals surface area contributed by atoms with Gasteiger partial charge in [0.15, 0.2) is 0 Å². The number of nitro groups is 1. The van der Waals surface area contributed by atoms with Crippen molar-refractivity contribution in [2.24, 2.45) is 0 Å². The van der Waals surface area contributed by atoms with Crippen molar-refractivity contribution in [3.05, 3.63) is 55.6 Å². The largest absolute Gasteiger partial charge is 0.468 e. The monoisotopic (exact) mass is 466 g/mol. The zero-order chi connectivity index (χ0) is 20.4. The molecule has 2 heterocycles. The van der Waals surface area contributed by atoms with Gasteiger partial charge >= 0.3 is 5.97 Å². The number of nitrogens with zero attached hydrogens (tertiary/aromatic N) is 2. The lowest BCUT2D eigenvalue weighted by atomic mass is 10.1. The summed E-state index contributed by atoms with van der Waals surface area (Å²) in [5.74, 6) is -0.590. The Morgan fingerprint density at radius 1 is 1.36 bits per heavy atom. The number of non-ortho nitro benzene ring substituents is 1. The third kappa shape index (κ3) is 3.99. The molecule has 0 unspecified atom stereocenters. The zero-order valence-electron chi connectivity index (χ0n) is 14.2. The van der Waals surface area contributed by atoms with E-state index in [9.17, 15) is 24.5 Å². The lowest BCUT2D eigenvalue weighted by molar-refractivity contribution is -0.384. The fourth-order valence-electron chi connectivity index (χ4n) is 2.35. The number of benzene rings is 1. The van der Waals surface area contributed by atoms with E-state index in [0.29, 0.717) is 33.3 Å². The third-order valence-corrected chi connectivity index (χ3v) is 5.28. The first-order valence-corrected chi connectivity index (χ1v) is 9.27. The highest BCUT2D eigenvalue weighted by atomic mass is 79.9. The third-order valence-electron chi connectivity index (χ3n) is 3.72. The van der Waals surface area contributed by atoms with Gasteiger partial charge in [0.2, 0.25) is 0 Å². The molecular formula is C17H11BrN2O7S. The number of amides is 2. The standard InChI is InChI=1S/C17H11BrN2O7S/c1-26-15(21)8-19-16(22)14(28-17(19)23)7-10-3-5-13(27-10)11-4-2-9(20(24)25)6-12(11)18/h2-7H,8H2,1H3/b14-7+. The minimum Gasteiger partial charge on any atom is -0.468 e. The van der Waals surface area contributed by atoms with Crippen LogP contribution < -0.4 is 0 Å². The maximum Gasteiger partial charge on any atom is 0.325 e. The number of hydrogen-bond donors (Lipinski definition) is 0. The summed E-state index contributed by atoms with van der Waals surface area (Å²) < 4.78 is 10.6. The van der Waals surface area contributed by atoms with Crippen LogP contribution in [0.3, 0.4) is 0 Å². The van der Waals surface area contributed by atoms with Crippen molar-refractivity contribution in [1.29, 1.82) is 0 Å². The summed E-state index contributed by atoms with van der Waals surface area (Å²) in [6.45, 7) is -0.461. The van der Waals surface area contributed by atoms with Gasteiger partial charge in [-0.3, -0.25) is 29.4 Å². The molecule has 0 spiro atoms. The second-order valence-electron chi connectivity index (χ2n) is 5.47. The van der Waals surface area contributed by atoms with Crippen LogP contribution in [0.1, 0.15) is 5.76 Å². The summed E-state index contributed by atoms with van der Waals surface area (Å²) in [7, 11) is 1.16. The van der Waals surface area contributed by atoms with Crippen LogP contribution in [0, 0.1) is 10.1 Å². The van der Waals surface area contributed by atoms with E-state index in [0.717, 1.165) is 12.0 Å². The smallest absolute Gasteiger partial charge is 0.325 e. The fourth-order valence-corrected chi connectivity index (χ4v) is 3.73. The van der Waals surface area contributed by atoms with Gasteiger partial charge in [-0.25, -0.2) is 0 Å². The highest BCUT2D eigenvalue weighted by Crippen LogP contribution is 2.35. The molecule has 28 heavy (non-hydrogen) atoms. The highest BCUT2D eigenvalue weighted by Gasteiger charge is 2.36. The number of carbonyl (C=O) groups is 3. The topological polar surface area (TPSA) is 120 Å². The number of carbonyl (C=O) groups excluding carboxylic acids is 3. The molecule has 1 aliphatic rings. The normalized spacial score (nSPS) is 15.4. The number of esters is 1. The molecule has 2 amide bonds. The Morgan fingerprint density at radius 3 is 2.75 bits per heavy atom. The van der Waals surface area contributed by atoms with E-state index >= 15 is 0 Å². The van der Waals surface area contributed by atoms with Gasteiger partial charge in [-0.15, -0.1) is 0 Å². The number of furan rings is 1. The molecule has 3 rings (SSSR count). The maximum atomic E-state index is 12.3. The SMILES string of the molecule is COC(=O)CN1C(=O)S/C(=C/c2ccc(-c3ccc([N+](=O)[O-])cc3Br)o2)C1=O. The van der Waals surface area contributed by atoms with Gasteiger partial charge in [0.1, 0.15) is 18.1 Å². The molecule has 1 saturated heterocycles. The molecule has 1 aromatic carbocycles. The van der Waals surface area contributed by atoms with Crippen LogP contribution in [-0.4, -0.2) is 40.6 Å². The van der Waals surface area contributed by atoms with Crippen LogP contribution in [0.15, 0.2) is 44.1 Å². The van der Waals surface area contributed by atoms with Gasteiger partial charge in [0.05, 0.1) is 16.9 Å². The summed E-state index contributed by atoms with van der Waals surface area (Å²) in [6.07, 6.45) is 1.39. The van der Waals surface area contributed by atoms with Gasteiger partial charge in [-0.05, 0) is 45.9 Å². The molecule has 0 saturated carbocycles. The number of nitro benzene ring substituents is 1. The van der Waals surface area contributed by atoms with Gasteiger partial charge in [0.25, 0.3) is 16.8 Å². The van der Waals surface area contributed by atoms with E-state index in [1.807, 2.05) is 0 Å². The molecule has 1 aliphatic heterocycles. The lowest BCUT2D eigenvalue weighted by Crippen LogP contribution is -2.34. The predicted octanol–water partition coefficient (Wildman–Crippen LogP) is 3.83. The number of ether oxygens (including phenoxy) is 1. The maximum absolute atomic E-state index is 12.3. The number of hydrogen-bond acceptors (Lipinski definition) is 8. The number of halogens is 1. The summed E-state index contributed by atoms with van der Waals surface area (Å²) >= 11 is 3.96. The number of thioether (sulfide) groups is 1. The Morgan fingerprint density at radius 2 is 2.11 bits per heavy atom. The molecule has 0 N–H and O–H groups in total. The molecule has 9 nitrogen and oxygen atoms in total. The number of rotatable bonds is 5. The van der Waals surface area contributed by atoms with Crippen molar-refractivity contribution >= 4 is 56.6 Å². The van der Waals surface area contributed by atoms with Crippen molar-refractivity contribution in [2.45, 2.75) is 0 Å². The minimum absolute atomic E-state index is 0.0679.